The van der Waals surface area contributed by atoms with Gasteiger partial charge in [0.05, 0.1) is 11.1 Å². The topological polar surface area (TPSA) is 43.4 Å². The van der Waals surface area contributed by atoms with Gasteiger partial charge in [0.15, 0.2) is 0 Å². The second-order valence-electron chi connectivity index (χ2n) is 7.16. The highest BCUT2D eigenvalue weighted by Crippen LogP contribution is 2.25. The molecular formula is C22H32O3. The summed E-state index contributed by atoms with van der Waals surface area (Å²) in [6.07, 6.45) is 16.7. The van der Waals surface area contributed by atoms with Crippen LogP contribution in [0.1, 0.15) is 110 Å². The molecule has 0 aromatic heterocycles. The van der Waals surface area contributed by atoms with Crippen LogP contribution in [0.2, 0.25) is 0 Å². The Labute approximate surface area is 152 Å². The number of esters is 2. The van der Waals surface area contributed by atoms with Gasteiger partial charge in [0.2, 0.25) is 0 Å². The van der Waals surface area contributed by atoms with Crippen LogP contribution in [0.15, 0.2) is 18.2 Å². The van der Waals surface area contributed by atoms with Crippen molar-refractivity contribution in [3.63, 3.8) is 0 Å². The minimum atomic E-state index is -0.503. The van der Waals surface area contributed by atoms with E-state index in [1.165, 1.54) is 70.6 Å². The van der Waals surface area contributed by atoms with Gasteiger partial charge in [-0.15, -0.1) is 0 Å². The average molecular weight is 344 g/mol. The first-order valence-electron chi connectivity index (χ1n) is 10.1. The van der Waals surface area contributed by atoms with Gasteiger partial charge in [0.25, 0.3) is 0 Å². The van der Waals surface area contributed by atoms with Crippen molar-refractivity contribution in [2.45, 2.75) is 90.4 Å². The second-order valence-corrected chi connectivity index (χ2v) is 7.16. The molecule has 3 heteroatoms. The van der Waals surface area contributed by atoms with E-state index in [0.717, 1.165) is 18.4 Å². The molecular weight excluding hydrogens is 312 g/mol. The van der Waals surface area contributed by atoms with Crippen molar-refractivity contribution in [3.05, 3.63) is 34.9 Å². The van der Waals surface area contributed by atoms with Gasteiger partial charge in [-0.05, 0) is 24.5 Å². The second kappa shape index (κ2) is 11.1. The van der Waals surface area contributed by atoms with E-state index in [-0.39, 0.29) is 0 Å². The Morgan fingerprint density at radius 1 is 0.720 bits per heavy atom. The predicted molar refractivity (Wildman–Crippen MR) is 101 cm³/mol. The number of rotatable bonds is 13. The Bertz CT molecular complexity index is 562. The molecule has 1 aromatic rings. The number of carbonyl (C=O) groups is 2. The van der Waals surface area contributed by atoms with Gasteiger partial charge < -0.3 is 4.74 Å². The summed E-state index contributed by atoms with van der Waals surface area (Å²) >= 11 is 0. The number of benzene rings is 1. The van der Waals surface area contributed by atoms with Crippen LogP contribution >= 0.6 is 0 Å². The molecule has 1 heterocycles. The van der Waals surface area contributed by atoms with Gasteiger partial charge >= 0.3 is 11.9 Å². The van der Waals surface area contributed by atoms with Gasteiger partial charge in [-0.1, -0.05) is 89.7 Å². The van der Waals surface area contributed by atoms with Crippen molar-refractivity contribution in [2.75, 3.05) is 0 Å². The van der Waals surface area contributed by atoms with E-state index in [9.17, 15) is 9.59 Å². The van der Waals surface area contributed by atoms with E-state index < -0.39 is 11.9 Å². The first-order chi connectivity index (χ1) is 12.2. The van der Waals surface area contributed by atoms with Crippen molar-refractivity contribution in [2.24, 2.45) is 0 Å². The predicted octanol–water partition coefficient (Wildman–Crippen LogP) is 6.24. The third-order valence-electron chi connectivity index (χ3n) is 5.06. The molecule has 0 aliphatic carbocycles. The van der Waals surface area contributed by atoms with Crippen LogP contribution in [0.4, 0.5) is 0 Å². The van der Waals surface area contributed by atoms with E-state index in [0.29, 0.717) is 11.1 Å². The van der Waals surface area contributed by atoms with Crippen molar-refractivity contribution in [1.82, 2.24) is 0 Å². The Morgan fingerprint density at radius 2 is 1.28 bits per heavy atom. The molecule has 0 N–H and O–H groups in total. The summed E-state index contributed by atoms with van der Waals surface area (Å²) in [5.41, 5.74) is 1.89. The van der Waals surface area contributed by atoms with Crippen molar-refractivity contribution in [3.8, 4) is 0 Å². The van der Waals surface area contributed by atoms with Gasteiger partial charge in [-0.3, -0.25) is 0 Å². The minimum Gasteiger partial charge on any atom is -0.386 e. The SMILES string of the molecule is CCCCCCCCCCCCCCc1cccc2c1C(=O)OC2=O. The van der Waals surface area contributed by atoms with Crippen LogP contribution in [0, 0.1) is 0 Å². The maximum absolute atomic E-state index is 11.8. The molecule has 0 unspecified atom stereocenters. The van der Waals surface area contributed by atoms with Crippen LogP contribution in [0.3, 0.4) is 0 Å². The lowest BCUT2D eigenvalue weighted by Crippen LogP contribution is -2.00. The zero-order valence-electron chi connectivity index (χ0n) is 15.6. The monoisotopic (exact) mass is 344 g/mol. The highest BCUT2D eigenvalue weighted by atomic mass is 16.6. The number of aryl methyl sites for hydroxylation is 1. The Morgan fingerprint density at radius 3 is 1.88 bits per heavy atom. The number of fused-ring (bicyclic) bond motifs is 1. The van der Waals surface area contributed by atoms with Crippen LogP contribution in [0.25, 0.3) is 0 Å². The summed E-state index contributed by atoms with van der Waals surface area (Å²) < 4.78 is 4.71. The van der Waals surface area contributed by atoms with Gasteiger partial charge in [-0.2, -0.15) is 0 Å². The van der Waals surface area contributed by atoms with Crippen molar-refractivity contribution >= 4 is 11.9 Å². The van der Waals surface area contributed by atoms with E-state index in [2.05, 4.69) is 6.92 Å². The maximum atomic E-state index is 11.8. The summed E-state index contributed by atoms with van der Waals surface area (Å²) in [5, 5.41) is 0. The lowest BCUT2D eigenvalue weighted by atomic mass is 9.97. The summed E-state index contributed by atoms with van der Waals surface area (Å²) in [7, 11) is 0. The average Bonchev–Trinajstić information content (AvgIpc) is 2.91. The first-order valence-corrected chi connectivity index (χ1v) is 10.1. The van der Waals surface area contributed by atoms with Crippen LogP contribution in [0.5, 0.6) is 0 Å². The molecule has 1 aliphatic heterocycles. The standard InChI is InChI=1S/C22H32O3/c1-2-3-4-5-6-7-8-9-10-11-12-13-15-18-16-14-17-19-20(18)22(24)25-21(19)23/h14,16-17H,2-13,15H2,1H3. The van der Waals surface area contributed by atoms with E-state index >= 15 is 0 Å². The van der Waals surface area contributed by atoms with E-state index in [4.69, 9.17) is 4.74 Å². The number of cyclic esters (lactones) is 2. The Balaban J connectivity index is 1.53. The number of hydrogen-bond donors (Lipinski definition) is 0. The zero-order valence-corrected chi connectivity index (χ0v) is 15.6. The molecule has 138 valence electrons. The number of ether oxygens (including phenoxy) is 1. The van der Waals surface area contributed by atoms with Crippen LogP contribution in [-0.2, 0) is 11.2 Å². The summed E-state index contributed by atoms with van der Waals surface area (Å²) in [6.45, 7) is 2.26. The molecule has 0 saturated heterocycles. The fourth-order valence-electron chi connectivity index (χ4n) is 3.57. The lowest BCUT2D eigenvalue weighted by molar-refractivity contribution is 0.0443. The molecule has 0 saturated carbocycles. The largest absolute Gasteiger partial charge is 0.386 e. The molecule has 3 nitrogen and oxygen atoms in total. The summed E-state index contributed by atoms with van der Waals surface area (Å²) in [6, 6.07) is 5.46. The number of carbonyl (C=O) groups excluding carboxylic acids is 2. The van der Waals surface area contributed by atoms with Crippen LogP contribution < -0.4 is 0 Å². The molecule has 25 heavy (non-hydrogen) atoms. The summed E-state index contributed by atoms with van der Waals surface area (Å²) in [4.78, 5) is 23.3. The first kappa shape index (κ1) is 19.7. The minimum absolute atomic E-state index is 0.432. The summed E-state index contributed by atoms with van der Waals surface area (Å²) in [5.74, 6) is -0.980. The molecule has 2 rings (SSSR count). The smallest absolute Gasteiger partial charge is 0.347 e. The Kier molecular flexibility index (Phi) is 8.71. The molecule has 0 spiro atoms. The Hall–Kier alpha value is -1.64. The van der Waals surface area contributed by atoms with Gasteiger partial charge in [0.1, 0.15) is 0 Å². The molecule has 1 aromatic carbocycles. The third-order valence-corrected chi connectivity index (χ3v) is 5.06. The van der Waals surface area contributed by atoms with Crippen molar-refractivity contribution < 1.29 is 14.3 Å². The highest BCUT2D eigenvalue weighted by Gasteiger charge is 2.31. The van der Waals surface area contributed by atoms with Gasteiger partial charge in [-0.25, -0.2) is 9.59 Å². The third kappa shape index (κ3) is 6.30. The molecule has 0 fully saturated rings. The normalized spacial score (nSPS) is 13.2. The zero-order chi connectivity index (χ0) is 17.9. The maximum Gasteiger partial charge on any atom is 0.347 e. The molecule has 1 aliphatic rings. The van der Waals surface area contributed by atoms with Gasteiger partial charge in [0, 0.05) is 0 Å². The van der Waals surface area contributed by atoms with Crippen molar-refractivity contribution in [1.29, 1.82) is 0 Å². The lowest BCUT2D eigenvalue weighted by Gasteiger charge is -2.05. The number of hydrogen-bond acceptors (Lipinski definition) is 3. The van der Waals surface area contributed by atoms with E-state index in [1.807, 2.05) is 12.1 Å². The molecule has 0 atom stereocenters. The molecule has 0 radical (unpaired) electrons. The van der Waals surface area contributed by atoms with Crippen LogP contribution in [-0.4, -0.2) is 11.9 Å². The van der Waals surface area contributed by atoms with E-state index in [1.54, 1.807) is 6.07 Å². The quantitative estimate of drug-likeness (QED) is 0.242. The molecule has 0 amide bonds. The fraction of sp³-hybridized carbons (Fsp3) is 0.636. The molecule has 0 bridgehead atoms. The number of unbranched alkanes of at least 4 members (excludes halogenated alkanes) is 11. The highest BCUT2D eigenvalue weighted by molar-refractivity contribution is 6.15. The fourth-order valence-corrected chi connectivity index (χ4v) is 3.57.